The first-order valence-electron chi connectivity index (χ1n) is 8.28. The first-order chi connectivity index (χ1) is 12.7. The minimum absolute atomic E-state index is 0.150. The number of nitrogens with one attached hydrogen (secondary N) is 1. The van der Waals surface area contributed by atoms with E-state index in [-0.39, 0.29) is 5.91 Å². The van der Waals surface area contributed by atoms with E-state index in [9.17, 15) is 4.79 Å². The molecule has 4 rings (SSSR count). The van der Waals surface area contributed by atoms with Gasteiger partial charge in [-0.1, -0.05) is 42.0 Å². The summed E-state index contributed by atoms with van der Waals surface area (Å²) in [5.41, 5.74) is 3.41. The molecule has 2 aromatic carbocycles. The zero-order valence-electron chi connectivity index (χ0n) is 14.2. The van der Waals surface area contributed by atoms with E-state index >= 15 is 0 Å². The van der Waals surface area contributed by atoms with Gasteiger partial charge in [0.15, 0.2) is 0 Å². The molecule has 0 saturated carbocycles. The second-order valence-corrected chi connectivity index (χ2v) is 6.91. The standard InChI is InChI=1S/C21H17N3OS/c1-15-7-5-8-16(13-15)21(25)22-20-14-18(19-11-6-12-26-19)23-24(20)17-9-3-2-4-10-17/h2-14H,1H3,(H,22,25). The van der Waals surface area contributed by atoms with Gasteiger partial charge in [0.05, 0.1) is 10.6 Å². The van der Waals surface area contributed by atoms with Crippen LogP contribution in [-0.2, 0) is 0 Å². The van der Waals surface area contributed by atoms with E-state index in [0.29, 0.717) is 11.4 Å². The Morgan fingerprint density at radius 2 is 1.85 bits per heavy atom. The summed E-state index contributed by atoms with van der Waals surface area (Å²) in [5, 5.41) is 9.72. The molecule has 4 nitrogen and oxygen atoms in total. The highest BCUT2D eigenvalue weighted by Crippen LogP contribution is 2.28. The number of hydrogen-bond acceptors (Lipinski definition) is 3. The maximum absolute atomic E-state index is 12.7. The van der Waals surface area contributed by atoms with Crippen LogP contribution in [0.3, 0.4) is 0 Å². The third-order valence-corrected chi connectivity index (χ3v) is 4.90. The van der Waals surface area contributed by atoms with Crippen LogP contribution < -0.4 is 5.32 Å². The number of carbonyl (C=O) groups is 1. The van der Waals surface area contributed by atoms with Crippen molar-refractivity contribution in [1.29, 1.82) is 0 Å². The number of thiophene rings is 1. The fourth-order valence-corrected chi connectivity index (χ4v) is 3.44. The van der Waals surface area contributed by atoms with Gasteiger partial charge in [0.1, 0.15) is 11.5 Å². The lowest BCUT2D eigenvalue weighted by atomic mass is 10.1. The molecule has 26 heavy (non-hydrogen) atoms. The lowest BCUT2D eigenvalue weighted by Crippen LogP contribution is -2.15. The van der Waals surface area contributed by atoms with Gasteiger partial charge in [-0.25, -0.2) is 4.68 Å². The number of anilines is 1. The van der Waals surface area contributed by atoms with E-state index in [2.05, 4.69) is 5.32 Å². The van der Waals surface area contributed by atoms with Gasteiger partial charge in [0.25, 0.3) is 5.91 Å². The van der Waals surface area contributed by atoms with Gasteiger partial charge < -0.3 is 5.32 Å². The Hall–Kier alpha value is -3.18. The number of benzene rings is 2. The van der Waals surface area contributed by atoms with Gasteiger partial charge >= 0.3 is 0 Å². The molecule has 0 atom stereocenters. The summed E-state index contributed by atoms with van der Waals surface area (Å²) in [4.78, 5) is 13.8. The van der Waals surface area contributed by atoms with Crippen LogP contribution in [0.1, 0.15) is 15.9 Å². The largest absolute Gasteiger partial charge is 0.306 e. The Bertz CT molecular complexity index is 1040. The Morgan fingerprint density at radius 3 is 2.58 bits per heavy atom. The van der Waals surface area contributed by atoms with Crippen LogP contribution in [0.25, 0.3) is 16.3 Å². The fraction of sp³-hybridized carbons (Fsp3) is 0.0476. The van der Waals surface area contributed by atoms with Crippen molar-refractivity contribution in [3.05, 3.63) is 89.3 Å². The van der Waals surface area contributed by atoms with Crippen LogP contribution in [0.4, 0.5) is 5.82 Å². The predicted molar refractivity (Wildman–Crippen MR) is 106 cm³/mol. The highest BCUT2D eigenvalue weighted by Gasteiger charge is 2.15. The Kier molecular flexibility index (Phi) is 4.37. The molecule has 4 aromatic rings. The van der Waals surface area contributed by atoms with Crippen molar-refractivity contribution >= 4 is 23.1 Å². The van der Waals surface area contributed by atoms with Crippen molar-refractivity contribution in [1.82, 2.24) is 9.78 Å². The first-order valence-corrected chi connectivity index (χ1v) is 9.16. The van der Waals surface area contributed by atoms with Gasteiger partial charge in [-0.05, 0) is 42.6 Å². The van der Waals surface area contributed by atoms with Gasteiger partial charge in [-0.2, -0.15) is 5.10 Å². The first kappa shape index (κ1) is 16.3. The maximum Gasteiger partial charge on any atom is 0.256 e. The molecular weight excluding hydrogens is 342 g/mol. The van der Waals surface area contributed by atoms with Gasteiger partial charge in [0.2, 0.25) is 0 Å². The summed E-state index contributed by atoms with van der Waals surface area (Å²) in [6.07, 6.45) is 0. The third-order valence-electron chi connectivity index (χ3n) is 4.01. The fourth-order valence-electron chi connectivity index (χ4n) is 2.76. The lowest BCUT2D eigenvalue weighted by molar-refractivity contribution is 0.102. The number of carbonyl (C=O) groups excluding carboxylic acids is 1. The van der Waals surface area contributed by atoms with Crippen LogP contribution in [0.5, 0.6) is 0 Å². The van der Waals surface area contributed by atoms with Gasteiger partial charge in [-0.15, -0.1) is 11.3 Å². The number of nitrogens with zero attached hydrogens (tertiary/aromatic N) is 2. The molecule has 0 saturated heterocycles. The second-order valence-electron chi connectivity index (χ2n) is 5.96. The molecule has 0 fully saturated rings. The molecule has 2 aromatic heterocycles. The quantitative estimate of drug-likeness (QED) is 0.547. The van der Waals surface area contributed by atoms with E-state index in [1.165, 1.54) is 0 Å². The predicted octanol–water partition coefficient (Wildman–Crippen LogP) is 5.16. The lowest BCUT2D eigenvalue weighted by Gasteiger charge is -2.09. The average molecular weight is 359 g/mol. The Labute approximate surface area is 155 Å². The molecule has 0 aliphatic carbocycles. The highest BCUT2D eigenvalue weighted by molar-refractivity contribution is 7.13. The van der Waals surface area contributed by atoms with Crippen molar-refractivity contribution in [3.63, 3.8) is 0 Å². The van der Waals surface area contributed by atoms with Crippen LogP contribution in [0.2, 0.25) is 0 Å². The summed E-state index contributed by atoms with van der Waals surface area (Å²) < 4.78 is 1.77. The third kappa shape index (κ3) is 3.30. The van der Waals surface area contributed by atoms with E-state index in [1.807, 2.05) is 85.1 Å². The number of aryl methyl sites for hydroxylation is 1. The molecule has 1 amide bonds. The van der Waals surface area contributed by atoms with Crippen LogP contribution in [0, 0.1) is 6.92 Å². The maximum atomic E-state index is 12.7. The molecule has 0 spiro atoms. The van der Waals surface area contributed by atoms with Gasteiger partial charge in [0, 0.05) is 11.6 Å². The van der Waals surface area contributed by atoms with E-state index in [4.69, 9.17) is 5.10 Å². The minimum atomic E-state index is -0.150. The number of amides is 1. The molecule has 0 bridgehead atoms. The monoisotopic (exact) mass is 359 g/mol. The molecule has 128 valence electrons. The van der Waals surface area contributed by atoms with Crippen LogP contribution in [-0.4, -0.2) is 15.7 Å². The summed E-state index contributed by atoms with van der Waals surface area (Å²) in [5.74, 6) is 0.495. The van der Waals surface area contributed by atoms with E-state index in [0.717, 1.165) is 21.8 Å². The average Bonchev–Trinajstić information content (AvgIpc) is 3.32. The van der Waals surface area contributed by atoms with Crippen molar-refractivity contribution in [3.8, 4) is 16.3 Å². The Balaban J connectivity index is 1.73. The molecule has 1 N–H and O–H groups in total. The molecule has 5 heteroatoms. The minimum Gasteiger partial charge on any atom is -0.306 e. The topological polar surface area (TPSA) is 46.9 Å². The molecular formula is C21H17N3OS. The summed E-state index contributed by atoms with van der Waals surface area (Å²) >= 11 is 1.62. The van der Waals surface area contributed by atoms with Crippen LogP contribution >= 0.6 is 11.3 Å². The van der Waals surface area contributed by atoms with Crippen molar-refractivity contribution in [2.24, 2.45) is 0 Å². The van der Waals surface area contributed by atoms with E-state index in [1.54, 1.807) is 16.0 Å². The highest BCUT2D eigenvalue weighted by atomic mass is 32.1. The molecule has 0 unspecified atom stereocenters. The smallest absolute Gasteiger partial charge is 0.256 e. The molecule has 2 heterocycles. The molecule has 0 aliphatic rings. The zero-order chi connectivity index (χ0) is 17.9. The Morgan fingerprint density at radius 1 is 1.00 bits per heavy atom. The molecule has 0 aliphatic heterocycles. The van der Waals surface area contributed by atoms with Crippen LogP contribution in [0.15, 0.2) is 78.2 Å². The van der Waals surface area contributed by atoms with Gasteiger partial charge in [-0.3, -0.25) is 4.79 Å². The SMILES string of the molecule is Cc1cccc(C(=O)Nc2cc(-c3cccs3)nn2-c2ccccc2)c1. The van der Waals surface area contributed by atoms with E-state index < -0.39 is 0 Å². The number of aromatic nitrogens is 2. The summed E-state index contributed by atoms with van der Waals surface area (Å²) in [6, 6.07) is 23.3. The van der Waals surface area contributed by atoms with Crippen molar-refractivity contribution in [2.75, 3.05) is 5.32 Å². The number of para-hydroxylation sites is 1. The molecule has 0 radical (unpaired) electrons. The van der Waals surface area contributed by atoms with Crippen molar-refractivity contribution < 1.29 is 4.79 Å². The van der Waals surface area contributed by atoms with Crippen molar-refractivity contribution in [2.45, 2.75) is 6.92 Å². The second kappa shape index (κ2) is 6.98. The zero-order valence-corrected chi connectivity index (χ0v) is 15.0. The number of hydrogen-bond donors (Lipinski definition) is 1. The summed E-state index contributed by atoms with van der Waals surface area (Å²) in [7, 11) is 0. The summed E-state index contributed by atoms with van der Waals surface area (Å²) in [6.45, 7) is 1.97. The number of rotatable bonds is 4. The normalized spacial score (nSPS) is 10.7.